The molecular formula is C19H12F2N4O4. The number of aromatic nitrogens is 3. The molecule has 0 bridgehead atoms. The van der Waals surface area contributed by atoms with Crippen LogP contribution in [0.15, 0.2) is 36.5 Å². The van der Waals surface area contributed by atoms with E-state index in [1.165, 1.54) is 6.20 Å². The summed E-state index contributed by atoms with van der Waals surface area (Å²) < 4.78 is 33.4. The maximum absolute atomic E-state index is 14.5. The van der Waals surface area contributed by atoms with E-state index in [4.69, 9.17) is 0 Å². The summed E-state index contributed by atoms with van der Waals surface area (Å²) in [5.41, 5.74) is -1.69. The van der Waals surface area contributed by atoms with Crippen LogP contribution in [0.4, 0.5) is 14.7 Å². The van der Waals surface area contributed by atoms with Crippen molar-refractivity contribution in [2.45, 2.75) is 0 Å². The lowest BCUT2D eigenvalue weighted by Crippen LogP contribution is -2.14. The van der Waals surface area contributed by atoms with E-state index < -0.39 is 45.9 Å². The van der Waals surface area contributed by atoms with Gasteiger partial charge in [-0.1, -0.05) is 24.3 Å². The summed E-state index contributed by atoms with van der Waals surface area (Å²) in [6.07, 6.45) is 1.52. The number of hydrogen-bond donors (Lipinski definition) is 3. The highest BCUT2D eigenvalue weighted by Gasteiger charge is 2.28. The highest BCUT2D eigenvalue weighted by atomic mass is 19.1. The summed E-state index contributed by atoms with van der Waals surface area (Å²) in [5, 5.41) is 13.3. The molecule has 10 heteroatoms. The molecule has 4 aromatic rings. The average Bonchev–Trinajstić information content (AvgIpc) is 3.11. The van der Waals surface area contributed by atoms with Crippen molar-refractivity contribution in [1.29, 1.82) is 0 Å². The molecule has 0 aliphatic rings. The molecular weight excluding hydrogens is 386 g/mol. The van der Waals surface area contributed by atoms with Crippen LogP contribution < -0.4 is 10.1 Å². The number of pyridine rings is 1. The number of hydrogen-bond acceptors (Lipinski definition) is 5. The summed E-state index contributed by atoms with van der Waals surface area (Å²) in [4.78, 5) is 34.2. The molecule has 0 spiro atoms. The van der Waals surface area contributed by atoms with Crippen LogP contribution in [0.2, 0.25) is 0 Å². The number of aromatic amines is 1. The van der Waals surface area contributed by atoms with E-state index in [2.05, 4.69) is 25.0 Å². The molecule has 0 unspecified atom stereocenters. The Morgan fingerprint density at radius 2 is 1.90 bits per heavy atom. The molecule has 1 amide bonds. The second-order valence-corrected chi connectivity index (χ2v) is 6.02. The summed E-state index contributed by atoms with van der Waals surface area (Å²) in [7, 11) is 1.000. The van der Waals surface area contributed by atoms with Crippen molar-refractivity contribution in [3.05, 3.63) is 59.4 Å². The van der Waals surface area contributed by atoms with Gasteiger partial charge in [-0.05, 0) is 11.5 Å². The van der Waals surface area contributed by atoms with E-state index in [9.17, 15) is 23.5 Å². The number of fused-ring (bicyclic) bond motifs is 2. The first-order valence-electron chi connectivity index (χ1n) is 8.24. The number of aromatic carboxylic acids is 1. The van der Waals surface area contributed by atoms with Crippen LogP contribution in [0, 0.1) is 11.6 Å². The monoisotopic (exact) mass is 398 g/mol. The second-order valence-electron chi connectivity index (χ2n) is 6.02. The number of H-pyrrole nitrogens is 1. The van der Waals surface area contributed by atoms with Crippen LogP contribution in [0.3, 0.4) is 0 Å². The number of benzene rings is 2. The van der Waals surface area contributed by atoms with Gasteiger partial charge in [0.2, 0.25) is 5.95 Å². The average molecular weight is 398 g/mol. The number of rotatable bonds is 4. The number of carboxylic acid groups (broad SMARTS) is 1. The van der Waals surface area contributed by atoms with Crippen molar-refractivity contribution < 1.29 is 28.2 Å². The zero-order valence-corrected chi connectivity index (χ0v) is 14.8. The van der Waals surface area contributed by atoms with Crippen molar-refractivity contribution in [1.82, 2.24) is 15.0 Å². The summed E-state index contributed by atoms with van der Waals surface area (Å²) >= 11 is 0. The van der Waals surface area contributed by atoms with Gasteiger partial charge in [0, 0.05) is 11.6 Å². The number of carboxylic acids is 1. The Morgan fingerprint density at radius 1 is 1.17 bits per heavy atom. The zero-order chi connectivity index (χ0) is 20.7. The lowest BCUT2D eigenvalue weighted by atomic mass is 10.1. The fourth-order valence-corrected chi connectivity index (χ4v) is 2.96. The molecule has 146 valence electrons. The molecule has 2 aromatic heterocycles. The Morgan fingerprint density at radius 3 is 2.59 bits per heavy atom. The quantitative estimate of drug-likeness (QED) is 0.485. The number of carbonyl (C=O) groups is 2. The Bertz CT molecular complexity index is 1300. The van der Waals surface area contributed by atoms with E-state index in [1.54, 1.807) is 18.2 Å². The molecule has 2 heterocycles. The third-order valence-electron chi connectivity index (χ3n) is 4.29. The van der Waals surface area contributed by atoms with Crippen molar-refractivity contribution in [3.8, 4) is 5.75 Å². The molecule has 0 aliphatic heterocycles. The minimum Gasteiger partial charge on any atom is -0.491 e. The maximum Gasteiger partial charge on any atom is 0.341 e. The summed E-state index contributed by atoms with van der Waals surface area (Å²) in [6.45, 7) is 0. The van der Waals surface area contributed by atoms with Crippen LogP contribution in [0.5, 0.6) is 5.75 Å². The zero-order valence-electron chi connectivity index (χ0n) is 14.8. The van der Waals surface area contributed by atoms with Crippen molar-refractivity contribution in [2.24, 2.45) is 0 Å². The molecule has 3 N–H and O–H groups in total. The highest BCUT2D eigenvalue weighted by Crippen LogP contribution is 2.33. The Labute approximate surface area is 161 Å². The molecule has 0 saturated carbocycles. The van der Waals surface area contributed by atoms with E-state index in [0.29, 0.717) is 0 Å². The fraction of sp³-hybridized carbons (Fsp3) is 0.0526. The van der Waals surface area contributed by atoms with E-state index >= 15 is 0 Å². The molecule has 2 aromatic carbocycles. The first-order chi connectivity index (χ1) is 13.9. The van der Waals surface area contributed by atoms with Crippen molar-refractivity contribution in [2.75, 3.05) is 12.4 Å². The number of nitrogens with zero attached hydrogens (tertiary/aromatic N) is 2. The summed E-state index contributed by atoms with van der Waals surface area (Å²) in [5.74, 6) is -6.04. The van der Waals surface area contributed by atoms with Gasteiger partial charge in [-0.15, -0.1) is 0 Å². The number of anilines is 1. The molecule has 29 heavy (non-hydrogen) atoms. The minimum atomic E-state index is -1.65. The maximum atomic E-state index is 14.5. The van der Waals surface area contributed by atoms with Crippen LogP contribution in [-0.4, -0.2) is 39.0 Å². The molecule has 0 saturated heterocycles. The molecule has 0 radical (unpaired) electrons. The number of carbonyl (C=O) groups excluding carboxylic acids is 1. The predicted octanol–water partition coefficient (Wildman–Crippen LogP) is 3.35. The van der Waals surface area contributed by atoms with Crippen LogP contribution in [0.25, 0.3) is 21.8 Å². The predicted molar refractivity (Wildman–Crippen MR) is 99.2 cm³/mol. The number of imidazole rings is 1. The van der Waals surface area contributed by atoms with Gasteiger partial charge in [0.25, 0.3) is 5.91 Å². The van der Waals surface area contributed by atoms with E-state index in [0.717, 1.165) is 17.9 Å². The van der Waals surface area contributed by atoms with Gasteiger partial charge in [0.05, 0.1) is 12.6 Å². The number of ether oxygens (including phenoxy) is 1. The first-order valence-corrected chi connectivity index (χ1v) is 8.24. The second kappa shape index (κ2) is 6.82. The summed E-state index contributed by atoms with van der Waals surface area (Å²) in [6, 6.07) is 8.83. The number of nitrogens with one attached hydrogen (secondary N) is 2. The smallest absolute Gasteiger partial charge is 0.341 e. The Balaban J connectivity index is 1.76. The van der Waals surface area contributed by atoms with Gasteiger partial charge in [-0.2, -0.15) is 0 Å². The van der Waals surface area contributed by atoms with Gasteiger partial charge < -0.3 is 14.8 Å². The van der Waals surface area contributed by atoms with E-state index in [-0.39, 0.29) is 11.6 Å². The normalized spacial score (nSPS) is 11.0. The minimum absolute atomic E-state index is 0.0619. The van der Waals surface area contributed by atoms with Crippen molar-refractivity contribution >= 4 is 39.6 Å². The fourth-order valence-electron chi connectivity index (χ4n) is 2.96. The topological polar surface area (TPSA) is 117 Å². The Kier molecular flexibility index (Phi) is 4.30. The Hall–Kier alpha value is -4.08. The number of methoxy groups -OCH3 is 1. The molecule has 8 nitrogen and oxygen atoms in total. The van der Waals surface area contributed by atoms with Crippen LogP contribution >= 0.6 is 0 Å². The van der Waals surface area contributed by atoms with Crippen LogP contribution in [-0.2, 0) is 0 Å². The first kappa shape index (κ1) is 18.3. The van der Waals surface area contributed by atoms with Gasteiger partial charge >= 0.3 is 5.97 Å². The van der Waals surface area contributed by atoms with Gasteiger partial charge in [-0.25, -0.2) is 18.6 Å². The molecule has 0 aliphatic carbocycles. The standard InChI is InChI=1S/C19H12F2N4O4/c1-29-16-12(20)11(18(27)28)14-15(13(16)21)24-19(23-14)25-17(26)10-6-8-4-2-3-5-9(8)7-22-10/h2-7H,1H3,(H,27,28)(H2,23,24,25,26). The number of amides is 1. The van der Waals surface area contributed by atoms with Gasteiger partial charge in [0.15, 0.2) is 17.4 Å². The third kappa shape index (κ3) is 3.00. The number of halogens is 2. The largest absolute Gasteiger partial charge is 0.491 e. The third-order valence-corrected chi connectivity index (χ3v) is 4.29. The molecule has 4 rings (SSSR count). The van der Waals surface area contributed by atoms with Gasteiger partial charge in [0.1, 0.15) is 16.8 Å². The highest BCUT2D eigenvalue weighted by molar-refractivity contribution is 6.06. The lowest BCUT2D eigenvalue weighted by Gasteiger charge is -2.06. The molecule has 0 atom stereocenters. The van der Waals surface area contributed by atoms with Gasteiger partial charge in [-0.3, -0.25) is 15.1 Å². The molecule has 0 fully saturated rings. The SMILES string of the molecule is COc1c(F)c(C(=O)O)c2[nH]c(NC(=O)c3cc4ccccc4cn3)nc2c1F. The van der Waals surface area contributed by atoms with E-state index in [1.807, 2.05) is 12.1 Å². The van der Waals surface area contributed by atoms with Crippen LogP contribution in [0.1, 0.15) is 20.8 Å². The van der Waals surface area contributed by atoms with Crippen molar-refractivity contribution in [3.63, 3.8) is 0 Å². The lowest BCUT2D eigenvalue weighted by molar-refractivity contribution is 0.0693.